The zero-order chi connectivity index (χ0) is 20.9. The number of rotatable bonds is 7. The average Bonchev–Trinajstić information content (AvgIpc) is 3.33. The van der Waals surface area contributed by atoms with Gasteiger partial charge in [-0.15, -0.1) is 11.3 Å². The summed E-state index contributed by atoms with van der Waals surface area (Å²) < 4.78 is 2.31. The fraction of sp³-hybridized carbons (Fsp3) is 0.200. The van der Waals surface area contributed by atoms with Crippen molar-refractivity contribution in [3.63, 3.8) is 0 Å². The topological polar surface area (TPSA) is 46.9 Å². The van der Waals surface area contributed by atoms with E-state index < -0.39 is 0 Å². The maximum atomic E-state index is 12.3. The fourth-order valence-corrected chi connectivity index (χ4v) is 4.34. The maximum absolute atomic E-state index is 12.3. The molecule has 1 N–H and O–H groups in total. The number of hydrogen-bond acceptors (Lipinski definition) is 3. The highest BCUT2D eigenvalue weighted by Gasteiger charge is 2.15. The fourth-order valence-electron chi connectivity index (χ4n) is 3.61. The van der Waals surface area contributed by atoms with Gasteiger partial charge in [-0.05, 0) is 37.5 Å². The predicted octanol–water partition coefficient (Wildman–Crippen LogP) is 5.85. The van der Waals surface area contributed by atoms with Crippen molar-refractivity contribution >= 4 is 22.4 Å². The normalized spacial score (nSPS) is 10.9. The lowest BCUT2D eigenvalue weighted by Crippen LogP contribution is -2.12. The smallest absolute Gasteiger partial charge is 0.226 e. The molecule has 0 spiro atoms. The van der Waals surface area contributed by atoms with Crippen LogP contribution in [0.1, 0.15) is 28.9 Å². The largest absolute Gasteiger partial charge is 0.344 e. The minimum atomic E-state index is -0.00527. The van der Waals surface area contributed by atoms with Crippen LogP contribution in [0.4, 0.5) is 5.13 Å². The Kier molecular flexibility index (Phi) is 6.10. The van der Waals surface area contributed by atoms with Crippen molar-refractivity contribution in [2.24, 2.45) is 0 Å². The molecule has 4 aromatic rings. The van der Waals surface area contributed by atoms with Gasteiger partial charge in [-0.3, -0.25) is 4.79 Å². The molecule has 0 bridgehead atoms. The molecule has 152 valence electrons. The van der Waals surface area contributed by atoms with Gasteiger partial charge in [0.15, 0.2) is 5.13 Å². The Morgan fingerprint density at radius 2 is 1.67 bits per heavy atom. The van der Waals surface area contributed by atoms with E-state index in [4.69, 9.17) is 0 Å². The summed E-state index contributed by atoms with van der Waals surface area (Å²) in [6.45, 7) is 5.09. The SMILES string of the molecule is Cc1cc(-c2csc(NC(=O)CCc3ccccc3)n2)c(C)n1Cc1ccccc1. The van der Waals surface area contributed by atoms with Crippen LogP contribution in [0.15, 0.2) is 72.1 Å². The van der Waals surface area contributed by atoms with E-state index in [1.165, 1.54) is 33.9 Å². The van der Waals surface area contributed by atoms with Crippen molar-refractivity contribution in [1.82, 2.24) is 9.55 Å². The van der Waals surface area contributed by atoms with Crippen LogP contribution in [0, 0.1) is 13.8 Å². The minimum Gasteiger partial charge on any atom is -0.344 e. The van der Waals surface area contributed by atoms with Gasteiger partial charge in [-0.25, -0.2) is 4.98 Å². The van der Waals surface area contributed by atoms with Crippen LogP contribution >= 0.6 is 11.3 Å². The van der Waals surface area contributed by atoms with Crippen LogP contribution in [-0.4, -0.2) is 15.5 Å². The third-order valence-corrected chi connectivity index (χ3v) is 6.02. The molecule has 1 amide bonds. The van der Waals surface area contributed by atoms with E-state index in [0.29, 0.717) is 11.6 Å². The lowest BCUT2D eigenvalue weighted by molar-refractivity contribution is -0.116. The molecule has 0 saturated heterocycles. The summed E-state index contributed by atoms with van der Waals surface area (Å²) in [6, 6.07) is 22.7. The van der Waals surface area contributed by atoms with E-state index in [-0.39, 0.29) is 5.91 Å². The number of carbonyl (C=O) groups is 1. The Bertz CT molecular complexity index is 1130. The standard InChI is InChI=1S/C25H25N3OS/c1-18-15-22(19(2)28(18)16-21-11-7-4-8-12-21)23-17-30-25(26-23)27-24(29)14-13-20-9-5-3-6-10-20/h3-12,15,17H,13-14,16H2,1-2H3,(H,26,27,29). The highest BCUT2D eigenvalue weighted by molar-refractivity contribution is 7.14. The zero-order valence-corrected chi connectivity index (χ0v) is 18.1. The zero-order valence-electron chi connectivity index (χ0n) is 17.3. The summed E-state index contributed by atoms with van der Waals surface area (Å²) in [5.41, 5.74) is 6.85. The number of anilines is 1. The highest BCUT2D eigenvalue weighted by Crippen LogP contribution is 2.30. The van der Waals surface area contributed by atoms with Gasteiger partial charge in [0.1, 0.15) is 0 Å². The number of aryl methyl sites for hydroxylation is 2. The molecule has 0 atom stereocenters. The molecule has 0 radical (unpaired) electrons. The Labute approximate surface area is 181 Å². The second kappa shape index (κ2) is 9.09. The Morgan fingerprint density at radius 1 is 1.00 bits per heavy atom. The van der Waals surface area contributed by atoms with Crippen molar-refractivity contribution in [3.8, 4) is 11.3 Å². The van der Waals surface area contributed by atoms with Crippen molar-refractivity contribution in [2.75, 3.05) is 5.32 Å². The number of nitrogens with zero attached hydrogens (tertiary/aromatic N) is 2. The van der Waals surface area contributed by atoms with Crippen molar-refractivity contribution in [3.05, 3.63) is 94.6 Å². The van der Waals surface area contributed by atoms with E-state index in [0.717, 1.165) is 24.2 Å². The highest BCUT2D eigenvalue weighted by atomic mass is 32.1. The molecule has 4 rings (SSSR count). The number of amides is 1. The lowest BCUT2D eigenvalue weighted by atomic mass is 10.1. The summed E-state index contributed by atoms with van der Waals surface area (Å²) in [5, 5.41) is 5.61. The van der Waals surface area contributed by atoms with Crippen LogP contribution in [0.2, 0.25) is 0 Å². The van der Waals surface area contributed by atoms with Crippen molar-refractivity contribution in [2.45, 2.75) is 33.2 Å². The van der Waals surface area contributed by atoms with Gasteiger partial charge < -0.3 is 9.88 Å². The van der Waals surface area contributed by atoms with Gasteiger partial charge in [0.25, 0.3) is 0 Å². The Morgan fingerprint density at radius 3 is 2.37 bits per heavy atom. The molecule has 30 heavy (non-hydrogen) atoms. The van der Waals surface area contributed by atoms with Gasteiger partial charge in [0, 0.05) is 35.3 Å². The molecular weight excluding hydrogens is 390 g/mol. The monoisotopic (exact) mass is 415 g/mol. The summed E-state index contributed by atoms with van der Waals surface area (Å²) in [4.78, 5) is 17.0. The average molecular weight is 416 g/mol. The van der Waals surface area contributed by atoms with E-state index in [1.54, 1.807) is 0 Å². The van der Waals surface area contributed by atoms with E-state index in [2.05, 4.69) is 59.0 Å². The molecule has 5 heteroatoms. The molecular formula is C25H25N3OS. The van der Waals surface area contributed by atoms with Crippen molar-refractivity contribution in [1.29, 1.82) is 0 Å². The first-order valence-corrected chi connectivity index (χ1v) is 11.0. The summed E-state index contributed by atoms with van der Waals surface area (Å²) in [5.74, 6) is -0.00527. The molecule has 0 saturated carbocycles. The molecule has 2 aromatic heterocycles. The Hall–Kier alpha value is -3.18. The molecule has 2 heterocycles. The van der Waals surface area contributed by atoms with Gasteiger partial charge in [-0.1, -0.05) is 60.7 Å². The number of aromatic nitrogens is 2. The maximum Gasteiger partial charge on any atom is 0.226 e. The number of benzene rings is 2. The van der Waals surface area contributed by atoms with Crippen LogP contribution in [-0.2, 0) is 17.8 Å². The van der Waals surface area contributed by atoms with Crippen LogP contribution < -0.4 is 5.32 Å². The number of nitrogens with one attached hydrogen (secondary N) is 1. The van der Waals surface area contributed by atoms with Crippen molar-refractivity contribution < 1.29 is 4.79 Å². The van der Waals surface area contributed by atoms with Crippen LogP contribution in [0.25, 0.3) is 11.3 Å². The van der Waals surface area contributed by atoms with E-state index >= 15 is 0 Å². The third kappa shape index (κ3) is 4.69. The van der Waals surface area contributed by atoms with E-state index in [1.807, 2.05) is 41.8 Å². The molecule has 0 aliphatic rings. The first-order chi connectivity index (χ1) is 14.6. The third-order valence-electron chi connectivity index (χ3n) is 5.27. The Balaban J connectivity index is 1.43. The quantitative estimate of drug-likeness (QED) is 0.412. The summed E-state index contributed by atoms with van der Waals surface area (Å²) in [7, 11) is 0. The predicted molar refractivity (Wildman–Crippen MR) is 124 cm³/mol. The first kappa shape index (κ1) is 20.1. The minimum absolute atomic E-state index is 0.00527. The first-order valence-electron chi connectivity index (χ1n) is 10.1. The van der Waals surface area contributed by atoms with Gasteiger partial charge >= 0.3 is 0 Å². The van der Waals surface area contributed by atoms with Crippen LogP contribution in [0.5, 0.6) is 0 Å². The van der Waals surface area contributed by atoms with Gasteiger partial charge in [-0.2, -0.15) is 0 Å². The number of carbonyl (C=O) groups excluding carboxylic acids is 1. The molecule has 0 aliphatic heterocycles. The second-order valence-electron chi connectivity index (χ2n) is 7.43. The van der Waals surface area contributed by atoms with Gasteiger partial charge in [0.2, 0.25) is 5.91 Å². The van der Waals surface area contributed by atoms with Crippen LogP contribution in [0.3, 0.4) is 0 Å². The number of thiazole rings is 1. The summed E-state index contributed by atoms with van der Waals surface area (Å²) in [6.07, 6.45) is 1.18. The molecule has 0 fully saturated rings. The molecule has 2 aromatic carbocycles. The molecule has 0 aliphatic carbocycles. The van der Waals surface area contributed by atoms with E-state index in [9.17, 15) is 4.79 Å². The molecule has 0 unspecified atom stereocenters. The molecule has 4 nitrogen and oxygen atoms in total. The second-order valence-corrected chi connectivity index (χ2v) is 8.29. The lowest BCUT2D eigenvalue weighted by Gasteiger charge is -2.09. The van der Waals surface area contributed by atoms with Gasteiger partial charge in [0.05, 0.1) is 5.69 Å². The summed E-state index contributed by atoms with van der Waals surface area (Å²) >= 11 is 1.47. The number of hydrogen-bond donors (Lipinski definition) is 1.